The van der Waals surface area contributed by atoms with E-state index in [4.69, 9.17) is 0 Å². The zero-order valence-electron chi connectivity index (χ0n) is 11.5. The number of aryl methyl sites for hydroxylation is 2. The third-order valence-electron chi connectivity index (χ3n) is 4.41. The highest BCUT2D eigenvalue weighted by atomic mass is 19.1. The van der Waals surface area contributed by atoms with E-state index < -0.39 is 6.10 Å². The average molecular weight is 278 g/mol. The number of hydrogen-bond acceptors (Lipinski definition) is 1. The van der Waals surface area contributed by atoms with Gasteiger partial charge in [-0.15, -0.1) is 0 Å². The molecule has 1 aliphatic carbocycles. The Morgan fingerprint density at radius 1 is 0.810 bits per heavy atom. The van der Waals surface area contributed by atoms with E-state index in [-0.39, 0.29) is 5.82 Å². The molecule has 0 saturated carbocycles. The summed E-state index contributed by atoms with van der Waals surface area (Å²) in [6.07, 6.45) is 1.16. The third kappa shape index (κ3) is 1.87. The minimum absolute atomic E-state index is 0.330. The summed E-state index contributed by atoms with van der Waals surface area (Å²) in [4.78, 5) is 0. The van der Waals surface area contributed by atoms with E-state index in [1.807, 2.05) is 18.2 Å². The van der Waals surface area contributed by atoms with Crippen molar-refractivity contribution in [3.8, 4) is 0 Å². The van der Waals surface area contributed by atoms with Crippen molar-refractivity contribution >= 4 is 10.8 Å². The standard InChI is InChI=1S/C19H15FO/c20-17-7-2-1-5-16(17)19(21)15-11-10-13-9-8-12-4-3-6-14(15)18(12)13/h1-7,10-11,19,21H,8-9H2/t19-/m0/s1. The zero-order valence-corrected chi connectivity index (χ0v) is 11.5. The Balaban J connectivity index is 1.94. The van der Waals surface area contributed by atoms with Crippen molar-refractivity contribution < 1.29 is 9.50 Å². The lowest BCUT2D eigenvalue weighted by atomic mass is 9.93. The molecule has 0 aromatic heterocycles. The molecule has 4 rings (SSSR count). The van der Waals surface area contributed by atoms with Crippen molar-refractivity contribution in [3.05, 3.63) is 82.7 Å². The van der Waals surface area contributed by atoms with Gasteiger partial charge in [0.1, 0.15) is 11.9 Å². The molecule has 0 bridgehead atoms. The summed E-state index contributed by atoms with van der Waals surface area (Å²) < 4.78 is 13.9. The summed E-state index contributed by atoms with van der Waals surface area (Å²) in [5.74, 6) is -0.367. The summed E-state index contributed by atoms with van der Waals surface area (Å²) in [7, 11) is 0. The van der Waals surface area contributed by atoms with Crippen LogP contribution in [0.15, 0.2) is 54.6 Å². The SMILES string of the molecule is O[C@H](c1ccccc1F)c1ccc2c3c(cccc13)CC2. The van der Waals surface area contributed by atoms with Gasteiger partial charge >= 0.3 is 0 Å². The van der Waals surface area contributed by atoms with E-state index in [0.717, 1.165) is 23.8 Å². The molecular weight excluding hydrogens is 263 g/mol. The van der Waals surface area contributed by atoms with Gasteiger partial charge in [0.15, 0.2) is 0 Å². The fourth-order valence-electron chi connectivity index (χ4n) is 3.37. The molecule has 104 valence electrons. The minimum atomic E-state index is -0.934. The lowest BCUT2D eigenvalue weighted by molar-refractivity contribution is 0.216. The van der Waals surface area contributed by atoms with Crippen LogP contribution in [0.1, 0.15) is 28.4 Å². The van der Waals surface area contributed by atoms with Gasteiger partial charge in [-0.05, 0) is 46.4 Å². The summed E-state index contributed by atoms with van der Waals surface area (Å²) in [6.45, 7) is 0. The van der Waals surface area contributed by atoms with Gasteiger partial charge in [0.05, 0.1) is 0 Å². The smallest absolute Gasteiger partial charge is 0.129 e. The van der Waals surface area contributed by atoms with Gasteiger partial charge in [-0.3, -0.25) is 0 Å². The molecule has 1 atom stereocenters. The summed E-state index contributed by atoms with van der Waals surface area (Å²) in [6, 6.07) is 16.6. The second-order valence-electron chi connectivity index (χ2n) is 5.58. The van der Waals surface area contributed by atoms with Crippen molar-refractivity contribution in [2.45, 2.75) is 18.9 Å². The lowest BCUT2D eigenvalue weighted by Gasteiger charge is -2.16. The van der Waals surface area contributed by atoms with Crippen LogP contribution in [0.4, 0.5) is 4.39 Å². The Labute approximate surface area is 122 Å². The lowest BCUT2D eigenvalue weighted by Crippen LogP contribution is -2.03. The molecule has 0 unspecified atom stereocenters. The Morgan fingerprint density at radius 2 is 1.57 bits per heavy atom. The molecular formula is C19H15FO. The van der Waals surface area contributed by atoms with Crippen molar-refractivity contribution in [1.82, 2.24) is 0 Å². The fraction of sp³-hybridized carbons (Fsp3) is 0.158. The number of rotatable bonds is 2. The van der Waals surface area contributed by atoms with Crippen LogP contribution in [0.2, 0.25) is 0 Å². The molecule has 3 aromatic rings. The Bertz CT molecular complexity index is 828. The van der Waals surface area contributed by atoms with Gasteiger partial charge in [-0.1, -0.05) is 48.5 Å². The molecule has 0 heterocycles. The molecule has 0 spiro atoms. The van der Waals surface area contributed by atoms with Crippen LogP contribution in [0.3, 0.4) is 0 Å². The second-order valence-corrected chi connectivity index (χ2v) is 5.58. The highest BCUT2D eigenvalue weighted by Crippen LogP contribution is 2.36. The number of hydrogen-bond donors (Lipinski definition) is 1. The van der Waals surface area contributed by atoms with Crippen LogP contribution >= 0.6 is 0 Å². The molecule has 0 fully saturated rings. The summed E-state index contributed by atoms with van der Waals surface area (Å²) in [5, 5.41) is 12.9. The molecule has 2 heteroatoms. The topological polar surface area (TPSA) is 20.2 Å². The first kappa shape index (κ1) is 12.5. The van der Waals surface area contributed by atoms with Gasteiger partial charge in [0.2, 0.25) is 0 Å². The number of benzene rings is 3. The summed E-state index contributed by atoms with van der Waals surface area (Å²) in [5.41, 5.74) is 3.76. The molecule has 0 saturated heterocycles. The maximum absolute atomic E-state index is 13.9. The quantitative estimate of drug-likeness (QED) is 0.746. The molecule has 1 N–H and O–H groups in total. The van der Waals surface area contributed by atoms with Gasteiger partial charge in [-0.2, -0.15) is 0 Å². The molecule has 21 heavy (non-hydrogen) atoms. The average Bonchev–Trinajstić information content (AvgIpc) is 2.93. The molecule has 0 amide bonds. The number of aliphatic hydroxyl groups excluding tert-OH is 1. The predicted molar refractivity (Wildman–Crippen MR) is 81.8 cm³/mol. The normalized spacial score (nSPS) is 14.6. The van der Waals surface area contributed by atoms with Crippen molar-refractivity contribution in [2.24, 2.45) is 0 Å². The monoisotopic (exact) mass is 278 g/mol. The predicted octanol–water partition coefficient (Wildman–Crippen LogP) is 4.16. The Hall–Kier alpha value is -2.19. The molecule has 0 aliphatic heterocycles. The molecule has 3 aromatic carbocycles. The second kappa shape index (κ2) is 4.68. The third-order valence-corrected chi connectivity index (χ3v) is 4.41. The maximum atomic E-state index is 13.9. The van der Waals surface area contributed by atoms with E-state index in [9.17, 15) is 9.50 Å². The first-order valence-corrected chi connectivity index (χ1v) is 7.21. The van der Waals surface area contributed by atoms with E-state index in [1.165, 1.54) is 22.6 Å². The highest BCUT2D eigenvalue weighted by Gasteiger charge is 2.21. The number of aliphatic hydroxyl groups is 1. The maximum Gasteiger partial charge on any atom is 0.129 e. The Morgan fingerprint density at radius 3 is 2.38 bits per heavy atom. The van der Waals surface area contributed by atoms with Crippen LogP contribution in [-0.4, -0.2) is 5.11 Å². The van der Waals surface area contributed by atoms with E-state index in [0.29, 0.717) is 5.56 Å². The molecule has 1 aliphatic rings. The first-order valence-electron chi connectivity index (χ1n) is 7.21. The zero-order chi connectivity index (χ0) is 14.4. The first-order chi connectivity index (χ1) is 10.3. The van der Waals surface area contributed by atoms with E-state index >= 15 is 0 Å². The number of halogens is 1. The molecule has 1 nitrogen and oxygen atoms in total. The van der Waals surface area contributed by atoms with Crippen LogP contribution in [0.25, 0.3) is 10.8 Å². The van der Waals surface area contributed by atoms with Crippen LogP contribution in [0.5, 0.6) is 0 Å². The van der Waals surface area contributed by atoms with E-state index in [2.05, 4.69) is 12.1 Å². The summed E-state index contributed by atoms with van der Waals surface area (Å²) >= 11 is 0. The van der Waals surface area contributed by atoms with Crippen molar-refractivity contribution in [1.29, 1.82) is 0 Å². The van der Waals surface area contributed by atoms with Gasteiger partial charge in [-0.25, -0.2) is 4.39 Å². The van der Waals surface area contributed by atoms with Crippen LogP contribution < -0.4 is 0 Å². The molecule has 0 radical (unpaired) electrons. The Kier molecular flexibility index (Phi) is 2.79. The van der Waals surface area contributed by atoms with E-state index in [1.54, 1.807) is 18.2 Å². The van der Waals surface area contributed by atoms with Gasteiger partial charge in [0.25, 0.3) is 0 Å². The highest BCUT2D eigenvalue weighted by molar-refractivity contribution is 5.93. The fourth-order valence-corrected chi connectivity index (χ4v) is 3.37. The minimum Gasteiger partial charge on any atom is -0.384 e. The van der Waals surface area contributed by atoms with Gasteiger partial charge in [0, 0.05) is 5.56 Å². The van der Waals surface area contributed by atoms with Crippen LogP contribution in [0, 0.1) is 5.82 Å². The van der Waals surface area contributed by atoms with Crippen LogP contribution in [-0.2, 0) is 12.8 Å². The largest absolute Gasteiger partial charge is 0.384 e. The van der Waals surface area contributed by atoms with Crippen molar-refractivity contribution in [3.63, 3.8) is 0 Å². The van der Waals surface area contributed by atoms with Gasteiger partial charge < -0.3 is 5.11 Å². The van der Waals surface area contributed by atoms with Crippen molar-refractivity contribution in [2.75, 3.05) is 0 Å².